The molecule has 5 nitrogen and oxygen atoms in total. The van der Waals surface area contributed by atoms with Crippen molar-refractivity contribution in [3.8, 4) is 0 Å². The van der Waals surface area contributed by atoms with E-state index in [4.69, 9.17) is 11.6 Å². The van der Waals surface area contributed by atoms with Gasteiger partial charge in [0.2, 0.25) is 11.8 Å². The van der Waals surface area contributed by atoms with Gasteiger partial charge in [0.05, 0.1) is 17.3 Å². The number of carbonyl (C=O) groups is 2. The Labute approximate surface area is 108 Å². The largest absolute Gasteiger partial charge is 0.353 e. The average molecular weight is 272 g/mol. The summed E-state index contributed by atoms with van der Waals surface area (Å²) in [6.07, 6.45) is 0. The van der Waals surface area contributed by atoms with Crippen LogP contribution in [0.1, 0.15) is 0 Å². The zero-order chi connectivity index (χ0) is 13.1. The van der Waals surface area contributed by atoms with Crippen LogP contribution in [-0.2, 0) is 9.59 Å². The van der Waals surface area contributed by atoms with E-state index in [1.165, 1.54) is 12.1 Å². The highest BCUT2D eigenvalue weighted by molar-refractivity contribution is 6.33. The van der Waals surface area contributed by atoms with Gasteiger partial charge in [0.1, 0.15) is 11.9 Å². The van der Waals surface area contributed by atoms with Crippen molar-refractivity contribution >= 4 is 29.1 Å². The van der Waals surface area contributed by atoms with E-state index in [1.54, 1.807) is 0 Å². The van der Waals surface area contributed by atoms with Crippen molar-refractivity contribution < 1.29 is 14.0 Å². The fourth-order valence-corrected chi connectivity index (χ4v) is 1.73. The lowest BCUT2D eigenvalue weighted by Crippen LogP contribution is -2.56. The van der Waals surface area contributed by atoms with E-state index in [0.717, 1.165) is 6.07 Å². The van der Waals surface area contributed by atoms with Crippen molar-refractivity contribution in [2.75, 3.05) is 18.4 Å². The molecule has 1 unspecified atom stereocenters. The van der Waals surface area contributed by atoms with Crippen molar-refractivity contribution in [2.24, 2.45) is 0 Å². The van der Waals surface area contributed by atoms with Gasteiger partial charge in [-0.1, -0.05) is 11.6 Å². The Morgan fingerprint density at radius 2 is 2.28 bits per heavy atom. The topological polar surface area (TPSA) is 70.2 Å². The summed E-state index contributed by atoms with van der Waals surface area (Å²) in [5.74, 6) is -1.02. The number of anilines is 1. The van der Waals surface area contributed by atoms with Gasteiger partial charge in [-0.25, -0.2) is 4.39 Å². The molecule has 1 fully saturated rings. The first-order valence-electron chi connectivity index (χ1n) is 5.32. The Bertz CT molecular complexity index is 485. The van der Waals surface area contributed by atoms with Gasteiger partial charge in [-0.2, -0.15) is 0 Å². The maximum Gasteiger partial charge on any atom is 0.243 e. The number of hydrogen-bond acceptors (Lipinski definition) is 3. The lowest BCUT2D eigenvalue weighted by molar-refractivity contribution is -0.124. The molecule has 0 aliphatic carbocycles. The molecule has 0 radical (unpaired) electrons. The molecule has 1 saturated heterocycles. The standard InChI is InChI=1S/C11H11ClFN3O2/c12-7-2-1-6(13)3-8(7)16-11(18)9-4-15-10(17)5-14-9/h1-3,9,14H,4-5H2,(H,15,17)(H,16,18). The molecule has 0 saturated carbocycles. The summed E-state index contributed by atoms with van der Waals surface area (Å²) in [5.41, 5.74) is 0.209. The van der Waals surface area contributed by atoms with Crippen molar-refractivity contribution in [1.29, 1.82) is 0 Å². The Kier molecular flexibility index (Phi) is 3.78. The van der Waals surface area contributed by atoms with Crippen molar-refractivity contribution in [1.82, 2.24) is 10.6 Å². The van der Waals surface area contributed by atoms with E-state index in [1.807, 2.05) is 0 Å². The lowest BCUT2D eigenvalue weighted by Gasteiger charge is -2.23. The number of carbonyl (C=O) groups excluding carboxylic acids is 2. The lowest BCUT2D eigenvalue weighted by atomic mass is 10.2. The zero-order valence-electron chi connectivity index (χ0n) is 9.30. The molecule has 1 aliphatic heterocycles. The Morgan fingerprint density at radius 3 is 2.94 bits per heavy atom. The van der Waals surface area contributed by atoms with Gasteiger partial charge in [-0.15, -0.1) is 0 Å². The highest BCUT2D eigenvalue weighted by atomic mass is 35.5. The molecule has 0 bridgehead atoms. The van der Waals surface area contributed by atoms with Crippen LogP contribution in [-0.4, -0.2) is 30.9 Å². The zero-order valence-corrected chi connectivity index (χ0v) is 10.1. The highest BCUT2D eigenvalue weighted by Crippen LogP contribution is 2.22. The van der Waals surface area contributed by atoms with Crippen molar-refractivity contribution in [3.05, 3.63) is 29.0 Å². The molecule has 2 amide bonds. The van der Waals surface area contributed by atoms with E-state index >= 15 is 0 Å². The number of rotatable bonds is 2. The summed E-state index contributed by atoms with van der Waals surface area (Å²) in [5, 5.41) is 8.08. The van der Waals surface area contributed by atoms with Gasteiger partial charge in [0.25, 0.3) is 0 Å². The minimum absolute atomic E-state index is 0.0783. The van der Waals surface area contributed by atoms with E-state index in [9.17, 15) is 14.0 Å². The van der Waals surface area contributed by atoms with E-state index < -0.39 is 11.9 Å². The number of hydrogen-bond donors (Lipinski definition) is 3. The highest BCUT2D eigenvalue weighted by Gasteiger charge is 2.24. The van der Waals surface area contributed by atoms with Crippen molar-refractivity contribution in [3.63, 3.8) is 0 Å². The van der Waals surface area contributed by atoms with Crippen LogP contribution < -0.4 is 16.0 Å². The summed E-state index contributed by atoms with van der Waals surface area (Å²) < 4.78 is 13.0. The second-order valence-corrected chi connectivity index (χ2v) is 4.26. The van der Waals surface area contributed by atoms with Crippen LogP contribution in [0.5, 0.6) is 0 Å². The fourth-order valence-electron chi connectivity index (χ4n) is 1.56. The first kappa shape index (κ1) is 12.8. The molecular formula is C11H11ClFN3O2. The van der Waals surface area contributed by atoms with Gasteiger partial charge in [-0.05, 0) is 18.2 Å². The van der Waals surface area contributed by atoms with Crippen LogP contribution in [0, 0.1) is 5.82 Å². The van der Waals surface area contributed by atoms with Gasteiger partial charge in [-0.3, -0.25) is 14.9 Å². The smallest absolute Gasteiger partial charge is 0.243 e. The molecule has 1 aromatic carbocycles. The number of piperazine rings is 1. The number of benzene rings is 1. The third kappa shape index (κ3) is 2.96. The first-order valence-corrected chi connectivity index (χ1v) is 5.70. The van der Waals surface area contributed by atoms with Crippen LogP contribution >= 0.6 is 11.6 Å². The second-order valence-electron chi connectivity index (χ2n) is 3.85. The quantitative estimate of drug-likeness (QED) is 0.734. The number of nitrogens with one attached hydrogen (secondary N) is 3. The molecule has 0 aromatic heterocycles. The molecule has 0 spiro atoms. The van der Waals surface area contributed by atoms with E-state index in [-0.39, 0.29) is 35.6 Å². The van der Waals surface area contributed by atoms with Crippen LogP contribution in [0.2, 0.25) is 5.02 Å². The van der Waals surface area contributed by atoms with Gasteiger partial charge in [0.15, 0.2) is 0 Å². The third-order valence-electron chi connectivity index (χ3n) is 2.52. The molecule has 7 heteroatoms. The second kappa shape index (κ2) is 5.32. The predicted octanol–water partition coefficient (Wildman–Crippen LogP) is 0.506. The SMILES string of the molecule is O=C1CNC(C(=O)Nc2cc(F)ccc2Cl)CN1. The molecule has 1 aromatic rings. The molecule has 1 heterocycles. The predicted molar refractivity (Wildman–Crippen MR) is 64.8 cm³/mol. The third-order valence-corrected chi connectivity index (χ3v) is 2.84. The molecular weight excluding hydrogens is 261 g/mol. The molecule has 3 N–H and O–H groups in total. The average Bonchev–Trinajstić information content (AvgIpc) is 2.34. The monoisotopic (exact) mass is 271 g/mol. The first-order chi connectivity index (χ1) is 8.56. The minimum atomic E-state index is -0.554. The molecule has 1 aliphatic rings. The Balaban J connectivity index is 2.02. The number of halogens is 2. The summed E-state index contributed by atoms with van der Waals surface area (Å²) in [4.78, 5) is 22.7. The Morgan fingerprint density at radius 1 is 1.50 bits per heavy atom. The Hall–Kier alpha value is -1.66. The van der Waals surface area contributed by atoms with E-state index in [0.29, 0.717) is 0 Å². The molecule has 1 atom stereocenters. The fraction of sp³-hybridized carbons (Fsp3) is 0.273. The maximum atomic E-state index is 13.0. The summed E-state index contributed by atoms with van der Waals surface area (Å²) >= 11 is 5.83. The van der Waals surface area contributed by atoms with Gasteiger partial charge in [0, 0.05) is 6.54 Å². The van der Waals surface area contributed by atoms with Crippen LogP contribution in [0.25, 0.3) is 0 Å². The van der Waals surface area contributed by atoms with E-state index in [2.05, 4.69) is 16.0 Å². The normalized spacial score (nSPS) is 19.2. The van der Waals surface area contributed by atoms with Crippen LogP contribution in [0.15, 0.2) is 18.2 Å². The maximum absolute atomic E-state index is 13.0. The summed E-state index contributed by atoms with van der Waals surface area (Å²) in [6, 6.07) is 3.16. The summed E-state index contributed by atoms with van der Waals surface area (Å²) in [6.45, 7) is 0.270. The molecule has 2 rings (SSSR count). The molecule has 96 valence electrons. The van der Waals surface area contributed by atoms with Crippen LogP contribution in [0.3, 0.4) is 0 Å². The molecule has 18 heavy (non-hydrogen) atoms. The van der Waals surface area contributed by atoms with Crippen molar-refractivity contribution in [2.45, 2.75) is 6.04 Å². The minimum Gasteiger partial charge on any atom is -0.353 e. The van der Waals surface area contributed by atoms with Gasteiger partial charge >= 0.3 is 0 Å². The number of amides is 2. The van der Waals surface area contributed by atoms with Gasteiger partial charge < -0.3 is 10.6 Å². The van der Waals surface area contributed by atoms with Crippen LogP contribution in [0.4, 0.5) is 10.1 Å². The summed E-state index contributed by atoms with van der Waals surface area (Å²) in [7, 11) is 0.